The zero-order chi connectivity index (χ0) is 10.1. The number of Topliss-reactive ketones (excluding diaryl/α,β-unsaturated/α-hetero) is 1. The summed E-state index contributed by atoms with van der Waals surface area (Å²) < 4.78 is 0. The molecule has 2 rings (SSSR count). The number of nitrogens with one attached hydrogen (secondary N) is 1. The second-order valence-corrected chi connectivity index (χ2v) is 3.51. The van der Waals surface area contributed by atoms with E-state index in [-0.39, 0.29) is 11.7 Å². The lowest BCUT2D eigenvalue weighted by atomic mass is 9.88. The predicted octanol–water partition coefficient (Wildman–Crippen LogP) is 0.440. The van der Waals surface area contributed by atoms with Crippen LogP contribution in [0.2, 0.25) is 0 Å². The molecule has 0 bridgehead atoms. The normalized spacial score (nSPS) is 25.2. The van der Waals surface area contributed by atoms with Gasteiger partial charge < -0.3 is 5.32 Å². The van der Waals surface area contributed by atoms with Gasteiger partial charge in [0.15, 0.2) is 5.78 Å². The first-order valence-corrected chi connectivity index (χ1v) is 4.76. The van der Waals surface area contributed by atoms with Crippen LogP contribution in [0, 0.1) is 5.92 Å². The fourth-order valence-corrected chi connectivity index (χ4v) is 1.93. The molecule has 14 heavy (non-hydrogen) atoms. The van der Waals surface area contributed by atoms with Crippen molar-refractivity contribution in [2.24, 2.45) is 10.9 Å². The van der Waals surface area contributed by atoms with Gasteiger partial charge in [-0.15, -0.1) is 0 Å². The highest BCUT2D eigenvalue weighted by atomic mass is 16.2. The van der Waals surface area contributed by atoms with E-state index in [2.05, 4.69) is 10.3 Å². The van der Waals surface area contributed by atoms with Crippen molar-refractivity contribution in [2.45, 2.75) is 19.3 Å². The maximum atomic E-state index is 11.6. The lowest BCUT2D eigenvalue weighted by molar-refractivity contribution is -0.124. The topological polar surface area (TPSA) is 58.5 Å². The van der Waals surface area contributed by atoms with Gasteiger partial charge in [-0.25, -0.2) is 0 Å². The summed E-state index contributed by atoms with van der Waals surface area (Å²) in [7, 11) is 1.57. The summed E-state index contributed by atoms with van der Waals surface area (Å²) in [5.41, 5.74) is 1.44. The van der Waals surface area contributed by atoms with Crippen molar-refractivity contribution >= 4 is 17.9 Å². The Bertz CT molecular complexity index is 355. The van der Waals surface area contributed by atoms with E-state index in [9.17, 15) is 9.59 Å². The number of hydrogen-bond acceptors (Lipinski definition) is 3. The Labute approximate surface area is 82.1 Å². The number of carbonyl (C=O) groups excluding carboxylic acids is 2. The van der Waals surface area contributed by atoms with E-state index < -0.39 is 5.92 Å². The van der Waals surface area contributed by atoms with Gasteiger partial charge in [-0.05, 0) is 12.8 Å². The molecule has 0 aromatic carbocycles. The Morgan fingerprint density at radius 2 is 2.36 bits per heavy atom. The maximum Gasteiger partial charge on any atom is 0.232 e. The van der Waals surface area contributed by atoms with E-state index in [0.29, 0.717) is 12.0 Å². The summed E-state index contributed by atoms with van der Waals surface area (Å²) >= 11 is 0. The number of aliphatic imine (C=N–C) groups is 1. The molecular weight excluding hydrogens is 180 g/mol. The highest BCUT2D eigenvalue weighted by molar-refractivity contribution is 6.11. The zero-order valence-corrected chi connectivity index (χ0v) is 8.04. The summed E-state index contributed by atoms with van der Waals surface area (Å²) in [4.78, 5) is 27.1. The second kappa shape index (κ2) is 3.36. The molecule has 1 aliphatic carbocycles. The van der Waals surface area contributed by atoms with Crippen molar-refractivity contribution in [3.05, 3.63) is 11.3 Å². The molecule has 1 N–H and O–H groups in total. The number of amides is 1. The van der Waals surface area contributed by atoms with Crippen molar-refractivity contribution < 1.29 is 9.59 Å². The third kappa shape index (κ3) is 1.27. The summed E-state index contributed by atoms with van der Waals surface area (Å²) in [6, 6.07) is 0. The molecule has 1 aliphatic heterocycles. The summed E-state index contributed by atoms with van der Waals surface area (Å²) in [6.45, 7) is 0. The van der Waals surface area contributed by atoms with Crippen LogP contribution in [0.5, 0.6) is 0 Å². The van der Waals surface area contributed by atoms with Gasteiger partial charge in [0, 0.05) is 31.0 Å². The molecule has 1 heterocycles. The van der Waals surface area contributed by atoms with Crippen LogP contribution in [0.25, 0.3) is 0 Å². The molecule has 0 radical (unpaired) electrons. The number of carbonyl (C=O) groups is 2. The molecule has 0 spiro atoms. The summed E-state index contributed by atoms with van der Waals surface area (Å²) in [5.74, 6) is -0.505. The van der Waals surface area contributed by atoms with Crippen LogP contribution in [0.1, 0.15) is 19.3 Å². The Morgan fingerprint density at radius 3 is 3.07 bits per heavy atom. The number of ketones is 1. The minimum atomic E-state index is -0.442. The van der Waals surface area contributed by atoms with E-state index in [0.717, 1.165) is 18.5 Å². The smallest absolute Gasteiger partial charge is 0.232 e. The molecule has 4 heteroatoms. The van der Waals surface area contributed by atoms with Crippen LogP contribution >= 0.6 is 0 Å². The van der Waals surface area contributed by atoms with Gasteiger partial charge in [-0.2, -0.15) is 0 Å². The number of hydrogen-bond donors (Lipinski definition) is 1. The predicted molar refractivity (Wildman–Crippen MR) is 51.9 cm³/mol. The van der Waals surface area contributed by atoms with Crippen molar-refractivity contribution in [1.29, 1.82) is 0 Å². The van der Waals surface area contributed by atoms with Gasteiger partial charge in [0.25, 0.3) is 0 Å². The van der Waals surface area contributed by atoms with E-state index in [1.54, 1.807) is 13.3 Å². The molecule has 0 saturated heterocycles. The summed E-state index contributed by atoms with van der Waals surface area (Å²) in [6.07, 6.45) is 3.81. The second-order valence-electron chi connectivity index (χ2n) is 3.51. The minimum absolute atomic E-state index is 0.0809. The van der Waals surface area contributed by atoms with Gasteiger partial charge in [-0.3, -0.25) is 14.6 Å². The SMILES string of the molecule is CNC(=O)C1C=NC2=C1C(=O)CCC2. The largest absolute Gasteiger partial charge is 0.358 e. The van der Waals surface area contributed by atoms with Crippen LogP contribution in [-0.4, -0.2) is 25.0 Å². The molecule has 4 nitrogen and oxygen atoms in total. The Kier molecular flexibility index (Phi) is 2.19. The van der Waals surface area contributed by atoms with E-state index >= 15 is 0 Å². The fourth-order valence-electron chi connectivity index (χ4n) is 1.93. The molecular formula is C10H12N2O2. The quantitative estimate of drug-likeness (QED) is 0.655. The lowest BCUT2D eigenvalue weighted by Gasteiger charge is -2.15. The average Bonchev–Trinajstić information content (AvgIpc) is 2.62. The third-order valence-corrected chi connectivity index (χ3v) is 2.65. The molecule has 1 atom stereocenters. The van der Waals surface area contributed by atoms with Crippen molar-refractivity contribution in [3.8, 4) is 0 Å². The number of allylic oxidation sites excluding steroid dienone is 1. The highest BCUT2D eigenvalue weighted by Gasteiger charge is 2.34. The lowest BCUT2D eigenvalue weighted by Crippen LogP contribution is -2.31. The molecule has 0 aromatic heterocycles. The van der Waals surface area contributed by atoms with Gasteiger partial charge in [0.05, 0.1) is 0 Å². The minimum Gasteiger partial charge on any atom is -0.358 e. The Balaban J connectivity index is 2.32. The Hall–Kier alpha value is -1.45. The van der Waals surface area contributed by atoms with Crippen LogP contribution in [0.3, 0.4) is 0 Å². The van der Waals surface area contributed by atoms with Crippen molar-refractivity contribution in [3.63, 3.8) is 0 Å². The van der Waals surface area contributed by atoms with Crippen LogP contribution < -0.4 is 5.32 Å². The van der Waals surface area contributed by atoms with Crippen LogP contribution in [0.15, 0.2) is 16.3 Å². The van der Waals surface area contributed by atoms with Crippen molar-refractivity contribution in [1.82, 2.24) is 5.32 Å². The molecule has 0 fully saturated rings. The van der Waals surface area contributed by atoms with Gasteiger partial charge >= 0.3 is 0 Å². The first-order valence-electron chi connectivity index (χ1n) is 4.76. The summed E-state index contributed by atoms with van der Waals surface area (Å²) in [5, 5.41) is 2.54. The standard InChI is InChI=1S/C10H12N2O2/c1-11-10(14)6-5-12-7-3-2-4-8(13)9(6)7/h5-6H,2-4H2,1H3,(H,11,14). The van der Waals surface area contributed by atoms with Crippen LogP contribution in [0.4, 0.5) is 0 Å². The first kappa shape index (κ1) is 9.12. The van der Waals surface area contributed by atoms with Gasteiger partial charge in [0.2, 0.25) is 5.91 Å². The molecule has 0 aromatic rings. The van der Waals surface area contributed by atoms with Crippen molar-refractivity contribution in [2.75, 3.05) is 7.05 Å². The monoisotopic (exact) mass is 192 g/mol. The third-order valence-electron chi connectivity index (χ3n) is 2.65. The molecule has 0 saturated carbocycles. The maximum absolute atomic E-state index is 11.6. The molecule has 2 aliphatic rings. The zero-order valence-electron chi connectivity index (χ0n) is 8.04. The molecule has 74 valence electrons. The van der Waals surface area contributed by atoms with Gasteiger partial charge in [0.1, 0.15) is 5.92 Å². The van der Waals surface area contributed by atoms with E-state index in [1.165, 1.54) is 0 Å². The van der Waals surface area contributed by atoms with E-state index in [4.69, 9.17) is 0 Å². The van der Waals surface area contributed by atoms with Gasteiger partial charge in [-0.1, -0.05) is 0 Å². The number of nitrogens with zero attached hydrogens (tertiary/aromatic N) is 1. The first-order chi connectivity index (χ1) is 6.74. The number of rotatable bonds is 1. The molecule has 1 unspecified atom stereocenters. The molecule has 1 amide bonds. The Morgan fingerprint density at radius 1 is 1.57 bits per heavy atom. The van der Waals surface area contributed by atoms with E-state index in [1.807, 2.05) is 0 Å². The van der Waals surface area contributed by atoms with Crippen LogP contribution in [-0.2, 0) is 9.59 Å². The highest BCUT2D eigenvalue weighted by Crippen LogP contribution is 2.31. The fraction of sp³-hybridized carbons (Fsp3) is 0.500. The average molecular weight is 192 g/mol.